The molecule has 1 aromatic rings. The molecule has 0 radical (unpaired) electrons. The first-order chi connectivity index (χ1) is 7.72. The Hall–Kier alpha value is -1.56. The number of hydrogen-bond donors (Lipinski definition) is 2. The molecule has 6 nitrogen and oxygen atoms in total. The minimum Gasteiger partial charge on any atom is -0.490 e. The molecule has 1 aromatic heterocycles. The molecule has 0 aliphatic carbocycles. The van der Waals surface area contributed by atoms with Gasteiger partial charge in [-0.3, -0.25) is 0 Å². The summed E-state index contributed by atoms with van der Waals surface area (Å²) in [6.07, 6.45) is 2.32. The Kier molecular flexibility index (Phi) is 4.78. The summed E-state index contributed by atoms with van der Waals surface area (Å²) in [5, 5.41) is 3.21. The Balaban J connectivity index is 2.82. The quantitative estimate of drug-likeness (QED) is 0.750. The Morgan fingerprint density at radius 2 is 2.19 bits per heavy atom. The third-order valence-corrected chi connectivity index (χ3v) is 2.24. The normalized spacial score (nSPS) is 12.2. The number of methoxy groups -OCH3 is 2. The summed E-state index contributed by atoms with van der Waals surface area (Å²) in [5.74, 6) is 1.39. The van der Waals surface area contributed by atoms with E-state index in [1.165, 1.54) is 13.4 Å². The van der Waals surface area contributed by atoms with Gasteiger partial charge in [-0.05, 0) is 6.42 Å². The summed E-state index contributed by atoms with van der Waals surface area (Å²) in [5.41, 5.74) is 5.68. The van der Waals surface area contributed by atoms with Crippen molar-refractivity contribution in [2.45, 2.75) is 19.4 Å². The second-order valence-electron chi connectivity index (χ2n) is 3.35. The molecule has 1 heterocycles. The zero-order chi connectivity index (χ0) is 12.0. The van der Waals surface area contributed by atoms with Crippen molar-refractivity contribution < 1.29 is 9.47 Å². The maximum absolute atomic E-state index is 5.68. The summed E-state index contributed by atoms with van der Waals surface area (Å²) < 4.78 is 10.2. The molecule has 1 unspecified atom stereocenters. The van der Waals surface area contributed by atoms with Crippen molar-refractivity contribution >= 4 is 11.6 Å². The highest BCUT2D eigenvalue weighted by Gasteiger charge is 2.13. The predicted molar refractivity (Wildman–Crippen MR) is 62.6 cm³/mol. The van der Waals surface area contributed by atoms with Crippen LogP contribution in [0.25, 0.3) is 0 Å². The van der Waals surface area contributed by atoms with Gasteiger partial charge < -0.3 is 20.5 Å². The van der Waals surface area contributed by atoms with Gasteiger partial charge in [0, 0.05) is 7.11 Å². The second-order valence-corrected chi connectivity index (χ2v) is 3.35. The van der Waals surface area contributed by atoms with Crippen molar-refractivity contribution in [2.24, 2.45) is 0 Å². The van der Waals surface area contributed by atoms with E-state index in [1.807, 2.05) is 0 Å². The summed E-state index contributed by atoms with van der Waals surface area (Å²) in [4.78, 5) is 7.96. The van der Waals surface area contributed by atoms with Crippen LogP contribution in [-0.4, -0.2) is 36.8 Å². The molecule has 0 amide bonds. The van der Waals surface area contributed by atoms with Crippen LogP contribution in [0.1, 0.15) is 13.3 Å². The topological polar surface area (TPSA) is 82.3 Å². The van der Waals surface area contributed by atoms with Crippen molar-refractivity contribution in [3.8, 4) is 5.75 Å². The highest BCUT2D eigenvalue weighted by Crippen LogP contribution is 2.26. The molecule has 0 saturated heterocycles. The molecule has 1 atom stereocenters. The summed E-state index contributed by atoms with van der Waals surface area (Å²) in [6.45, 7) is 2.66. The third-order valence-electron chi connectivity index (χ3n) is 2.24. The van der Waals surface area contributed by atoms with Gasteiger partial charge >= 0.3 is 0 Å². The summed E-state index contributed by atoms with van der Waals surface area (Å²) in [6, 6.07) is 0.174. The standard InChI is InChI=1S/C10H18N4O2/c1-4-7(5-15-2)14-10-8(16-3)9(11)12-6-13-10/h6-7H,4-5H2,1-3H3,(H3,11,12,13,14). The van der Waals surface area contributed by atoms with Gasteiger partial charge in [-0.1, -0.05) is 6.92 Å². The van der Waals surface area contributed by atoms with E-state index in [0.717, 1.165) is 6.42 Å². The third kappa shape index (κ3) is 2.96. The molecule has 0 saturated carbocycles. The first-order valence-corrected chi connectivity index (χ1v) is 5.12. The smallest absolute Gasteiger partial charge is 0.203 e. The van der Waals surface area contributed by atoms with Gasteiger partial charge in [0.25, 0.3) is 0 Å². The lowest BCUT2D eigenvalue weighted by Crippen LogP contribution is -2.25. The monoisotopic (exact) mass is 226 g/mol. The SMILES string of the molecule is CCC(COC)Nc1ncnc(N)c1OC. The highest BCUT2D eigenvalue weighted by molar-refractivity contribution is 5.61. The molecule has 0 fully saturated rings. The molecule has 90 valence electrons. The molecule has 0 aromatic carbocycles. The maximum Gasteiger partial charge on any atom is 0.203 e. The Labute approximate surface area is 95.2 Å². The fraction of sp³-hybridized carbons (Fsp3) is 0.600. The van der Waals surface area contributed by atoms with Crippen molar-refractivity contribution in [3.05, 3.63) is 6.33 Å². The number of nitrogen functional groups attached to an aromatic ring is 1. The van der Waals surface area contributed by atoms with Crippen LogP contribution in [0, 0.1) is 0 Å². The molecule has 16 heavy (non-hydrogen) atoms. The van der Waals surface area contributed by atoms with Crippen LogP contribution in [-0.2, 0) is 4.74 Å². The van der Waals surface area contributed by atoms with Crippen LogP contribution in [0.5, 0.6) is 5.75 Å². The van der Waals surface area contributed by atoms with Gasteiger partial charge in [0.1, 0.15) is 6.33 Å². The fourth-order valence-corrected chi connectivity index (χ4v) is 1.35. The average molecular weight is 226 g/mol. The molecule has 0 aliphatic heterocycles. The number of rotatable bonds is 6. The van der Waals surface area contributed by atoms with E-state index >= 15 is 0 Å². The van der Waals surface area contributed by atoms with Gasteiger partial charge in [-0.2, -0.15) is 0 Å². The van der Waals surface area contributed by atoms with E-state index in [2.05, 4.69) is 22.2 Å². The molecule has 3 N–H and O–H groups in total. The number of nitrogens with zero attached hydrogens (tertiary/aromatic N) is 2. The van der Waals surface area contributed by atoms with Crippen molar-refractivity contribution in [2.75, 3.05) is 31.9 Å². The Morgan fingerprint density at radius 3 is 2.75 bits per heavy atom. The van der Waals surface area contributed by atoms with Crippen LogP contribution in [0.3, 0.4) is 0 Å². The van der Waals surface area contributed by atoms with E-state index in [4.69, 9.17) is 15.2 Å². The summed E-state index contributed by atoms with van der Waals surface area (Å²) >= 11 is 0. The number of anilines is 2. The number of nitrogens with two attached hydrogens (primary N) is 1. The minimum absolute atomic E-state index is 0.174. The first-order valence-electron chi connectivity index (χ1n) is 5.12. The molecule has 6 heteroatoms. The van der Waals surface area contributed by atoms with Crippen molar-refractivity contribution in [1.29, 1.82) is 0 Å². The van der Waals surface area contributed by atoms with Crippen LogP contribution in [0.2, 0.25) is 0 Å². The van der Waals surface area contributed by atoms with Crippen LogP contribution >= 0.6 is 0 Å². The molecule has 1 rings (SSSR count). The van der Waals surface area contributed by atoms with E-state index in [9.17, 15) is 0 Å². The van der Waals surface area contributed by atoms with E-state index in [0.29, 0.717) is 24.0 Å². The number of ether oxygens (including phenoxy) is 2. The second kappa shape index (κ2) is 6.12. The van der Waals surface area contributed by atoms with E-state index < -0.39 is 0 Å². The van der Waals surface area contributed by atoms with Crippen molar-refractivity contribution in [1.82, 2.24) is 9.97 Å². The molecular formula is C10H18N4O2. The van der Waals surface area contributed by atoms with Gasteiger partial charge in [0.05, 0.1) is 19.8 Å². The van der Waals surface area contributed by atoms with E-state index in [1.54, 1.807) is 7.11 Å². The number of hydrogen-bond acceptors (Lipinski definition) is 6. The van der Waals surface area contributed by atoms with Crippen LogP contribution < -0.4 is 15.8 Å². The van der Waals surface area contributed by atoms with Crippen molar-refractivity contribution in [3.63, 3.8) is 0 Å². The summed E-state index contributed by atoms with van der Waals surface area (Å²) in [7, 11) is 3.20. The lowest BCUT2D eigenvalue weighted by atomic mass is 10.2. The first kappa shape index (κ1) is 12.5. The van der Waals surface area contributed by atoms with Gasteiger partial charge in [-0.25, -0.2) is 9.97 Å². The lowest BCUT2D eigenvalue weighted by Gasteiger charge is -2.18. The molecular weight excluding hydrogens is 208 g/mol. The number of nitrogens with one attached hydrogen (secondary N) is 1. The maximum atomic E-state index is 5.68. The lowest BCUT2D eigenvalue weighted by molar-refractivity contribution is 0.184. The largest absolute Gasteiger partial charge is 0.490 e. The fourth-order valence-electron chi connectivity index (χ4n) is 1.35. The number of aromatic nitrogens is 2. The van der Waals surface area contributed by atoms with Crippen LogP contribution in [0.4, 0.5) is 11.6 Å². The van der Waals surface area contributed by atoms with Gasteiger partial charge in [0.15, 0.2) is 11.6 Å². The highest BCUT2D eigenvalue weighted by atomic mass is 16.5. The molecule has 0 spiro atoms. The molecule has 0 aliphatic rings. The molecule has 0 bridgehead atoms. The zero-order valence-corrected chi connectivity index (χ0v) is 9.86. The van der Waals surface area contributed by atoms with Crippen LogP contribution in [0.15, 0.2) is 6.33 Å². The average Bonchev–Trinajstić information content (AvgIpc) is 2.28. The van der Waals surface area contributed by atoms with E-state index in [-0.39, 0.29) is 6.04 Å². The Bertz CT molecular complexity index is 333. The van der Waals surface area contributed by atoms with Gasteiger partial charge in [-0.15, -0.1) is 0 Å². The minimum atomic E-state index is 0.174. The zero-order valence-electron chi connectivity index (χ0n) is 9.86. The Morgan fingerprint density at radius 1 is 1.44 bits per heavy atom. The van der Waals surface area contributed by atoms with Gasteiger partial charge in [0.2, 0.25) is 5.75 Å². The predicted octanol–water partition coefficient (Wildman–Crippen LogP) is 0.904.